The monoisotopic (exact) mass is 265 g/mol. The van der Waals surface area contributed by atoms with Gasteiger partial charge >= 0.3 is 0 Å². The molecule has 0 aliphatic carbocycles. The molecule has 0 spiro atoms. The maximum Gasteiger partial charge on any atom is 0.222 e. The van der Waals surface area contributed by atoms with Gasteiger partial charge in [0, 0.05) is 38.6 Å². The number of amides is 1. The van der Waals surface area contributed by atoms with Crippen molar-refractivity contribution < 1.29 is 9.53 Å². The Balaban J connectivity index is 1.94. The molecule has 19 heavy (non-hydrogen) atoms. The van der Waals surface area contributed by atoms with Crippen LogP contribution in [0.5, 0.6) is 0 Å². The average Bonchev–Trinajstić information content (AvgIpc) is 2.87. The predicted molar refractivity (Wildman–Crippen MR) is 71.8 cm³/mol. The molecule has 1 saturated heterocycles. The van der Waals surface area contributed by atoms with E-state index in [0.717, 1.165) is 18.7 Å². The minimum Gasteiger partial charge on any atom is -0.381 e. The van der Waals surface area contributed by atoms with Gasteiger partial charge in [0.1, 0.15) is 5.82 Å². The summed E-state index contributed by atoms with van der Waals surface area (Å²) in [6.07, 6.45) is 0.960. The van der Waals surface area contributed by atoms with Gasteiger partial charge in [-0.3, -0.25) is 4.79 Å². The van der Waals surface area contributed by atoms with Gasteiger partial charge in [-0.1, -0.05) is 0 Å². The van der Waals surface area contributed by atoms with Crippen LogP contribution in [0.4, 0.5) is 11.8 Å². The molecule has 4 N–H and O–H groups in total. The Bertz CT molecular complexity index is 446. The Morgan fingerprint density at radius 1 is 1.53 bits per heavy atom. The molecule has 0 radical (unpaired) electrons. The van der Waals surface area contributed by atoms with Crippen LogP contribution in [0.1, 0.15) is 25.0 Å². The number of nitrogens with one attached hydrogen (secondary N) is 2. The van der Waals surface area contributed by atoms with E-state index in [4.69, 9.17) is 10.5 Å². The summed E-state index contributed by atoms with van der Waals surface area (Å²) >= 11 is 0. The smallest absolute Gasteiger partial charge is 0.222 e. The van der Waals surface area contributed by atoms with Crippen molar-refractivity contribution in [1.29, 1.82) is 0 Å². The number of rotatable bonds is 5. The van der Waals surface area contributed by atoms with Crippen LogP contribution in [0.25, 0.3) is 0 Å². The topological polar surface area (TPSA) is 102 Å². The van der Waals surface area contributed by atoms with Gasteiger partial charge in [-0.05, 0) is 6.42 Å². The van der Waals surface area contributed by atoms with E-state index in [1.54, 1.807) is 0 Å². The molecule has 1 atom stereocenters. The van der Waals surface area contributed by atoms with Crippen LogP contribution >= 0.6 is 0 Å². The molecule has 1 aliphatic rings. The van der Waals surface area contributed by atoms with Crippen molar-refractivity contribution in [2.24, 2.45) is 0 Å². The summed E-state index contributed by atoms with van der Waals surface area (Å²) in [6.45, 7) is 4.07. The van der Waals surface area contributed by atoms with Gasteiger partial charge in [-0.25, -0.2) is 4.98 Å². The van der Waals surface area contributed by atoms with Crippen LogP contribution in [0.15, 0.2) is 6.07 Å². The minimum absolute atomic E-state index is 0.0483. The van der Waals surface area contributed by atoms with E-state index in [9.17, 15) is 4.79 Å². The van der Waals surface area contributed by atoms with E-state index in [2.05, 4.69) is 20.6 Å². The molecule has 1 unspecified atom stereocenters. The van der Waals surface area contributed by atoms with E-state index in [1.807, 2.05) is 6.07 Å². The summed E-state index contributed by atoms with van der Waals surface area (Å²) in [7, 11) is 0. The maximum atomic E-state index is 10.7. The third-order valence-corrected chi connectivity index (χ3v) is 2.92. The molecule has 7 heteroatoms. The Labute approximate surface area is 111 Å². The Morgan fingerprint density at radius 2 is 2.37 bits per heavy atom. The third kappa shape index (κ3) is 4.06. The number of nitrogens with two attached hydrogens (primary N) is 1. The second-order valence-corrected chi connectivity index (χ2v) is 4.51. The molecular weight excluding hydrogens is 246 g/mol. The fourth-order valence-electron chi connectivity index (χ4n) is 1.98. The predicted octanol–water partition coefficient (Wildman–Crippen LogP) is 0.111. The third-order valence-electron chi connectivity index (χ3n) is 2.92. The maximum absolute atomic E-state index is 10.7. The van der Waals surface area contributed by atoms with Crippen LogP contribution in [-0.2, 0) is 9.53 Å². The highest BCUT2D eigenvalue weighted by molar-refractivity contribution is 5.72. The van der Waals surface area contributed by atoms with Gasteiger partial charge in [0.25, 0.3) is 0 Å². The van der Waals surface area contributed by atoms with Crippen molar-refractivity contribution in [3.63, 3.8) is 0 Å². The second kappa shape index (κ2) is 6.33. The molecule has 1 aromatic rings. The molecular formula is C12H19N5O2. The van der Waals surface area contributed by atoms with Gasteiger partial charge in [0.05, 0.1) is 12.3 Å². The first-order valence-corrected chi connectivity index (χ1v) is 6.35. The zero-order chi connectivity index (χ0) is 13.7. The lowest BCUT2D eigenvalue weighted by atomic mass is 10.0. The lowest BCUT2D eigenvalue weighted by Gasteiger charge is -2.11. The fraction of sp³-hybridized carbons (Fsp3) is 0.583. The van der Waals surface area contributed by atoms with Crippen LogP contribution in [-0.4, -0.2) is 42.2 Å². The zero-order valence-corrected chi connectivity index (χ0v) is 11.0. The highest BCUT2D eigenvalue weighted by Gasteiger charge is 2.20. The van der Waals surface area contributed by atoms with Gasteiger partial charge in [-0.15, -0.1) is 0 Å². The summed E-state index contributed by atoms with van der Waals surface area (Å²) in [5.41, 5.74) is 6.62. The summed E-state index contributed by atoms with van der Waals surface area (Å²) < 4.78 is 5.35. The van der Waals surface area contributed by atoms with E-state index >= 15 is 0 Å². The SMILES string of the molecule is CC(=O)NCCNc1cc(C2CCOC2)nc(N)n1. The molecule has 1 amide bonds. The standard InChI is InChI=1S/C12H19N5O2/c1-8(18)14-3-4-15-11-6-10(16-12(13)17-11)9-2-5-19-7-9/h6,9H,2-5,7H2,1H3,(H,14,18)(H3,13,15,16,17). The molecule has 1 aliphatic heterocycles. The number of aromatic nitrogens is 2. The molecule has 0 saturated carbocycles. The number of nitrogens with zero attached hydrogens (tertiary/aromatic N) is 2. The normalized spacial score (nSPS) is 18.3. The number of carbonyl (C=O) groups is 1. The highest BCUT2D eigenvalue weighted by Crippen LogP contribution is 2.25. The minimum atomic E-state index is -0.0483. The average molecular weight is 265 g/mol. The van der Waals surface area contributed by atoms with E-state index < -0.39 is 0 Å². The Morgan fingerprint density at radius 3 is 3.05 bits per heavy atom. The lowest BCUT2D eigenvalue weighted by Crippen LogP contribution is -2.26. The quantitative estimate of drug-likeness (QED) is 0.653. The number of ether oxygens (including phenoxy) is 1. The Kier molecular flexibility index (Phi) is 4.51. The molecule has 104 valence electrons. The molecule has 1 fully saturated rings. The van der Waals surface area contributed by atoms with Gasteiger partial charge in [-0.2, -0.15) is 4.98 Å². The van der Waals surface area contributed by atoms with Gasteiger partial charge in [0.15, 0.2) is 0 Å². The number of carbonyl (C=O) groups excluding carboxylic acids is 1. The van der Waals surface area contributed by atoms with Crippen LogP contribution < -0.4 is 16.4 Å². The van der Waals surface area contributed by atoms with Crippen molar-refractivity contribution >= 4 is 17.7 Å². The van der Waals surface area contributed by atoms with Crippen LogP contribution in [0, 0.1) is 0 Å². The molecule has 0 aromatic carbocycles. The summed E-state index contributed by atoms with van der Waals surface area (Å²) in [5, 5.41) is 5.82. The molecule has 2 heterocycles. The first-order chi connectivity index (χ1) is 9.15. The number of hydrogen-bond donors (Lipinski definition) is 3. The van der Waals surface area contributed by atoms with Crippen molar-refractivity contribution in [3.8, 4) is 0 Å². The number of anilines is 2. The van der Waals surface area contributed by atoms with E-state index in [0.29, 0.717) is 31.4 Å². The number of hydrogen-bond acceptors (Lipinski definition) is 6. The van der Waals surface area contributed by atoms with Crippen molar-refractivity contribution in [2.45, 2.75) is 19.3 Å². The summed E-state index contributed by atoms with van der Waals surface area (Å²) in [5.74, 6) is 1.18. The first-order valence-electron chi connectivity index (χ1n) is 6.35. The fourth-order valence-corrected chi connectivity index (χ4v) is 1.98. The lowest BCUT2D eigenvalue weighted by molar-refractivity contribution is -0.118. The first kappa shape index (κ1) is 13.5. The Hall–Kier alpha value is -1.89. The highest BCUT2D eigenvalue weighted by atomic mass is 16.5. The molecule has 2 rings (SSSR count). The van der Waals surface area contributed by atoms with E-state index in [1.165, 1.54) is 6.92 Å². The van der Waals surface area contributed by atoms with Crippen molar-refractivity contribution in [2.75, 3.05) is 37.4 Å². The molecule has 7 nitrogen and oxygen atoms in total. The van der Waals surface area contributed by atoms with Crippen molar-refractivity contribution in [3.05, 3.63) is 11.8 Å². The summed E-state index contributed by atoms with van der Waals surface area (Å²) in [4.78, 5) is 19.1. The molecule has 0 bridgehead atoms. The largest absolute Gasteiger partial charge is 0.381 e. The summed E-state index contributed by atoms with van der Waals surface area (Å²) in [6, 6.07) is 1.89. The van der Waals surface area contributed by atoms with E-state index in [-0.39, 0.29) is 11.9 Å². The molecule has 1 aromatic heterocycles. The van der Waals surface area contributed by atoms with Crippen molar-refractivity contribution in [1.82, 2.24) is 15.3 Å². The van der Waals surface area contributed by atoms with Gasteiger partial charge in [0.2, 0.25) is 11.9 Å². The van der Waals surface area contributed by atoms with Crippen LogP contribution in [0.3, 0.4) is 0 Å². The van der Waals surface area contributed by atoms with Crippen LogP contribution in [0.2, 0.25) is 0 Å². The second-order valence-electron chi connectivity index (χ2n) is 4.51. The number of nitrogen functional groups attached to an aromatic ring is 1. The van der Waals surface area contributed by atoms with Gasteiger partial charge < -0.3 is 21.1 Å². The zero-order valence-electron chi connectivity index (χ0n) is 11.0.